The van der Waals surface area contributed by atoms with Crippen molar-refractivity contribution >= 4 is 5.91 Å². The van der Waals surface area contributed by atoms with Crippen LogP contribution in [0, 0.1) is 5.41 Å². The van der Waals surface area contributed by atoms with Gasteiger partial charge in [-0.25, -0.2) is 0 Å². The number of fused-ring (bicyclic) bond motifs is 1. The van der Waals surface area contributed by atoms with Gasteiger partial charge in [0, 0.05) is 17.4 Å². The number of nitrogens with one attached hydrogen (secondary N) is 1. The molecule has 5 heteroatoms. The molecule has 0 saturated heterocycles. The smallest absolute Gasteiger partial charge is 0.226 e. The van der Waals surface area contributed by atoms with Crippen molar-refractivity contribution in [2.75, 3.05) is 0 Å². The third-order valence-electron chi connectivity index (χ3n) is 5.10. The average molecular weight is 311 g/mol. The standard InChI is InChI=1S/C18H21N3O2/c1-3-15-20-16(21-23-15)12-4-6-13-11(10-12)5-7-14(13)19-17(22)18(2)8-9-18/h4,6,10,14H,3,5,7-9H2,1-2H3,(H,19,22)/t14-/m1/s1. The van der Waals surface area contributed by atoms with Crippen LogP contribution in [0.4, 0.5) is 0 Å². The molecule has 0 unspecified atom stereocenters. The van der Waals surface area contributed by atoms with Gasteiger partial charge in [-0.1, -0.05) is 31.1 Å². The van der Waals surface area contributed by atoms with Gasteiger partial charge in [-0.15, -0.1) is 0 Å². The van der Waals surface area contributed by atoms with Crippen LogP contribution in [0.2, 0.25) is 0 Å². The zero-order chi connectivity index (χ0) is 16.0. The lowest BCUT2D eigenvalue weighted by Crippen LogP contribution is -2.32. The number of amides is 1. The normalized spacial score (nSPS) is 21.0. The van der Waals surface area contributed by atoms with E-state index in [0.29, 0.717) is 11.7 Å². The molecule has 1 fully saturated rings. The molecule has 0 spiro atoms. The van der Waals surface area contributed by atoms with Gasteiger partial charge in [0.2, 0.25) is 17.6 Å². The Morgan fingerprint density at radius 1 is 1.43 bits per heavy atom. The number of hydrogen-bond acceptors (Lipinski definition) is 4. The summed E-state index contributed by atoms with van der Waals surface area (Å²) in [5.74, 6) is 1.50. The van der Waals surface area contributed by atoms with Crippen LogP contribution < -0.4 is 5.32 Å². The fourth-order valence-corrected chi connectivity index (χ4v) is 3.17. The Balaban J connectivity index is 1.55. The summed E-state index contributed by atoms with van der Waals surface area (Å²) in [5.41, 5.74) is 3.36. The van der Waals surface area contributed by atoms with Gasteiger partial charge in [-0.2, -0.15) is 4.98 Å². The molecule has 1 saturated carbocycles. The fourth-order valence-electron chi connectivity index (χ4n) is 3.17. The fraction of sp³-hybridized carbons (Fsp3) is 0.500. The molecular formula is C18H21N3O2. The van der Waals surface area contributed by atoms with Crippen LogP contribution in [-0.2, 0) is 17.6 Å². The van der Waals surface area contributed by atoms with E-state index in [2.05, 4.69) is 27.6 Å². The number of aromatic nitrogens is 2. The van der Waals surface area contributed by atoms with Crippen molar-refractivity contribution in [2.24, 2.45) is 5.41 Å². The van der Waals surface area contributed by atoms with Crippen molar-refractivity contribution in [3.63, 3.8) is 0 Å². The van der Waals surface area contributed by atoms with Gasteiger partial charge in [0.15, 0.2) is 0 Å². The van der Waals surface area contributed by atoms with Crippen molar-refractivity contribution in [3.05, 3.63) is 35.2 Å². The summed E-state index contributed by atoms with van der Waals surface area (Å²) in [6.07, 6.45) is 4.70. The van der Waals surface area contributed by atoms with E-state index in [1.165, 1.54) is 11.1 Å². The van der Waals surface area contributed by atoms with Crippen LogP contribution in [-0.4, -0.2) is 16.0 Å². The zero-order valence-corrected chi connectivity index (χ0v) is 13.6. The maximum Gasteiger partial charge on any atom is 0.226 e. The first kappa shape index (κ1) is 14.4. The molecule has 2 aliphatic carbocycles. The van der Waals surface area contributed by atoms with E-state index in [9.17, 15) is 4.79 Å². The second-order valence-electron chi connectivity index (χ2n) is 6.90. The Bertz CT molecular complexity index is 761. The number of rotatable bonds is 4. The largest absolute Gasteiger partial charge is 0.349 e. The van der Waals surface area contributed by atoms with Crippen molar-refractivity contribution in [3.8, 4) is 11.4 Å². The summed E-state index contributed by atoms with van der Waals surface area (Å²) in [5, 5.41) is 7.26. The minimum absolute atomic E-state index is 0.121. The lowest BCUT2D eigenvalue weighted by atomic mass is 10.0. The molecule has 23 heavy (non-hydrogen) atoms. The Morgan fingerprint density at radius 2 is 2.26 bits per heavy atom. The lowest BCUT2D eigenvalue weighted by Gasteiger charge is -2.17. The first-order valence-electron chi connectivity index (χ1n) is 8.36. The maximum absolute atomic E-state index is 12.3. The Hall–Kier alpha value is -2.17. The summed E-state index contributed by atoms with van der Waals surface area (Å²) in [7, 11) is 0. The molecule has 0 radical (unpaired) electrons. The SMILES string of the molecule is CCc1nc(-c2ccc3c(c2)CC[C@H]3NC(=O)C2(C)CC2)no1. The first-order chi connectivity index (χ1) is 11.1. The molecule has 1 aromatic heterocycles. The molecule has 1 heterocycles. The van der Waals surface area contributed by atoms with E-state index < -0.39 is 0 Å². The second-order valence-corrected chi connectivity index (χ2v) is 6.90. The highest BCUT2D eigenvalue weighted by Gasteiger charge is 2.45. The van der Waals surface area contributed by atoms with Gasteiger partial charge in [0.1, 0.15) is 0 Å². The van der Waals surface area contributed by atoms with E-state index >= 15 is 0 Å². The molecule has 120 valence electrons. The quantitative estimate of drug-likeness (QED) is 0.941. The zero-order valence-electron chi connectivity index (χ0n) is 13.6. The van der Waals surface area contributed by atoms with Gasteiger partial charge >= 0.3 is 0 Å². The molecule has 5 nitrogen and oxygen atoms in total. The van der Waals surface area contributed by atoms with Crippen LogP contribution >= 0.6 is 0 Å². The maximum atomic E-state index is 12.3. The number of carbonyl (C=O) groups excluding carboxylic acids is 1. The molecule has 1 N–H and O–H groups in total. The van der Waals surface area contributed by atoms with Crippen LogP contribution in [0.5, 0.6) is 0 Å². The third kappa shape index (κ3) is 2.54. The number of aryl methyl sites for hydroxylation is 2. The Kier molecular flexibility index (Phi) is 3.25. The van der Waals surface area contributed by atoms with E-state index in [1.807, 2.05) is 19.9 Å². The summed E-state index contributed by atoms with van der Waals surface area (Å²) >= 11 is 0. The Morgan fingerprint density at radius 3 is 2.96 bits per heavy atom. The summed E-state index contributed by atoms with van der Waals surface area (Å²) in [6.45, 7) is 4.04. The molecule has 0 bridgehead atoms. The molecule has 0 aliphatic heterocycles. The van der Waals surface area contributed by atoms with Crippen molar-refractivity contribution in [1.29, 1.82) is 0 Å². The van der Waals surface area contributed by atoms with Crippen LogP contribution in [0.25, 0.3) is 11.4 Å². The topological polar surface area (TPSA) is 68.0 Å². The number of hydrogen-bond donors (Lipinski definition) is 1. The van der Waals surface area contributed by atoms with E-state index in [1.54, 1.807) is 0 Å². The van der Waals surface area contributed by atoms with Gasteiger partial charge in [-0.3, -0.25) is 4.79 Å². The summed E-state index contributed by atoms with van der Waals surface area (Å²) < 4.78 is 5.19. The molecule has 4 rings (SSSR count). The highest BCUT2D eigenvalue weighted by atomic mass is 16.5. The van der Waals surface area contributed by atoms with Crippen LogP contribution in [0.1, 0.15) is 56.2 Å². The van der Waals surface area contributed by atoms with Gasteiger partial charge in [0.25, 0.3) is 0 Å². The molecule has 1 atom stereocenters. The van der Waals surface area contributed by atoms with Crippen molar-refractivity contribution in [1.82, 2.24) is 15.5 Å². The predicted molar refractivity (Wildman–Crippen MR) is 85.7 cm³/mol. The minimum atomic E-state index is -0.121. The molecule has 1 amide bonds. The van der Waals surface area contributed by atoms with E-state index in [4.69, 9.17) is 4.52 Å². The number of benzene rings is 1. The van der Waals surface area contributed by atoms with Crippen LogP contribution in [0.3, 0.4) is 0 Å². The second kappa shape index (κ2) is 5.18. The van der Waals surface area contributed by atoms with Crippen molar-refractivity contribution < 1.29 is 9.32 Å². The monoisotopic (exact) mass is 311 g/mol. The van der Waals surface area contributed by atoms with E-state index in [0.717, 1.165) is 37.7 Å². The molecule has 2 aliphatic rings. The van der Waals surface area contributed by atoms with E-state index in [-0.39, 0.29) is 17.4 Å². The summed E-state index contributed by atoms with van der Waals surface area (Å²) in [6, 6.07) is 6.39. The highest BCUT2D eigenvalue weighted by molar-refractivity contribution is 5.85. The molecular weight excluding hydrogens is 290 g/mol. The number of nitrogens with zero attached hydrogens (tertiary/aromatic N) is 2. The number of carbonyl (C=O) groups is 1. The Labute approximate surface area is 135 Å². The molecule has 2 aromatic rings. The molecule has 1 aromatic carbocycles. The predicted octanol–water partition coefficient (Wildman–Crippen LogP) is 3.20. The van der Waals surface area contributed by atoms with Gasteiger partial charge < -0.3 is 9.84 Å². The van der Waals surface area contributed by atoms with Gasteiger partial charge in [-0.05, 0) is 42.9 Å². The lowest BCUT2D eigenvalue weighted by molar-refractivity contribution is -0.126. The van der Waals surface area contributed by atoms with Crippen LogP contribution in [0.15, 0.2) is 22.7 Å². The first-order valence-corrected chi connectivity index (χ1v) is 8.36. The minimum Gasteiger partial charge on any atom is -0.349 e. The van der Waals surface area contributed by atoms with Crippen molar-refractivity contribution in [2.45, 2.75) is 52.0 Å². The summed E-state index contributed by atoms with van der Waals surface area (Å²) in [4.78, 5) is 16.7. The average Bonchev–Trinajstić information content (AvgIpc) is 3.01. The van der Waals surface area contributed by atoms with Gasteiger partial charge in [0.05, 0.1) is 6.04 Å². The highest BCUT2D eigenvalue weighted by Crippen LogP contribution is 2.46. The third-order valence-corrected chi connectivity index (χ3v) is 5.10.